The van der Waals surface area contributed by atoms with E-state index >= 15 is 0 Å². The van der Waals surface area contributed by atoms with Gasteiger partial charge in [0.05, 0.1) is 23.3 Å². The molecule has 0 spiro atoms. The Morgan fingerprint density at radius 1 is 0.914 bits per heavy atom. The van der Waals surface area contributed by atoms with Crippen LogP contribution in [0.4, 0.5) is 10.1 Å². The standard InChI is InChI=1S/C28H22FN5O/c1-19-7-5-12-25(32-19)28-24(21-13-14-30-26(15-21)20-8-3-2-4-9-20)17-31-34(28)18-27(35)33-23-11-6-10-22(29)16-23/h2-17H,18H2,1H3,(H,33,35). The predicted molar refractivity (Wildman–Crippen MR) is 134 cm³/mol. The Hall–Kier alpha value is -4.65. The van der Waals surface area contributed by atoms with E-state index in [1.807, 2.05) is 67.6 Å². The van der Waals surface area contributed by atoms with Crippen molar-refractivity contribution in [3.05, 3.63) is 109 Å². The third kappa shape index (κ3) is 4.99. The van der Waals surface area contributed by atoms with E-state index in [-0.39, 0.29) is 12.5 Å². The van der Waals surface area contributed by atoms with Crippen LogP contribution in [0.3, 0.4) is 0 Å². The van der Waals surface area contributed by atoms with Gasteiger partial charge in [0.2, 0.25) is 5.91 Å². The van der Waals surface area contributed by atoms with Gasteiger partial charge in [-0.25, -0.2) is 4.39 Å². The van der Waals surface area contributed by atoms with Crippen LogP contribution in [0.2, 0.25) is 0 Å². The molecule has 0 aliphatic rings. The fraction of sp³-hybridized carbons (Fsp3) is 0.0714. The van der Waals surface area contributed by atoms with E-state index < -0.39 is 5.82 Å². The first kappa shape index (κ1) is 22.2. The van der Waals surface area contributed by atoms with Gasteiger partial charge in [-0.05, 0) is 55.0 Å². The number of nitrogens with one attached hydrogen (secondary N) is 1. The first-order chi connectivity index (χ1) is 17.1. The summed E-state index contributed by atoms with van der Waals surface area (Å²) in [5.74, 6) is -0.736. The smallest absolute Gasteiger partial charge is 0.246 e. The van der Waals surface area contributed by atoms with Gasteiger partial charge in [0.1, 0.15) is 12.4 Å². The Morgan fingerprint density at radius 3 is 2.54 bits per heavy atom. The zero-order valence-corrected chi connectivity index (χ0v) is 19.0. The van der Waals surface area contributed by atoms with Crippen LogP contribution in [0.25, 0.3) is 33.8 Å². The van der Waals surface area contributed by atoms with E-state index in [9.17, 15) is 9.18 Å². The van der Waals surface area contributed by atoms with Crippen LogP contribution in [0.5, 0.6) is 0 Å². The van der Waals surface area contributed by atoms with Gasteiger partial charge >= 0.3 is 0 Å². The number of anilines is 1. The number of nitrogens with zero attached hydrogens (tertiary/aromatic N) is 4. The summed E-state index contributed by atoms with van der Waals surface area (Å²) < 4.78 is 15.2. The van der Waals surface area contributed by atoms with E-state index in [0.29, 0.717) is 17.1 Å². The molecule has 0 saturated carbocycles. The lowest BCUT2D eigenvalue weighted by molar-refractivity contribution is -0.116. The van der Waals surface area contributed by atoms with Crippen LogP contribution in [0.15, 0.2) is 97.3 Å². The number of hydrogen-bond acceptors (Lipinski definition) is 4. The van der Waals surface area contributed by atoms with E-state index in [2.05, 4.69) is 20.4 Å². The molecule has 0 atom stereocenters. The van der Waals surface area contributed by atoms with Crippen LogP contribution in [0, 0.1) is 12.7 Å². The Labute approximate surface area is 202 Å². The molecule has 1 amide bonds. The summed E-state index contributed by atoms with van der Waals surface area (Å²) in [4.78, 5) is 22.0. The van der Waals surface area contributed by atoms with Gasteiger partial charge < -0.3 is 5.32 Å². The average Bonchev–Trinajstić information content (AvgIpc) is 3.28. The zero-order valence-electron chi connectivity index (χ0n) is 19.0. The highest BCUT2D eigenvalue weighted by Crippen LogP contribution is 2.33. The molecule has 0 radical (unpaired) electrons. The topological polar surface area (TPSA) is 72.7 Å². The average molecular weight is 464 g/mol. The van der Waals surface area contributed by atoms with E-state index in [4.69, 9.17) is 0 Å². The van der Waals surface area contributed by atoms with Crippen LogP contribution in [-0.2, 0) is 11.3 Å². The van der Waals surface area contributed by atoms with Crippen molar-refractivity contribution in [1.82, 2.24) is 19.7 Å². The monoisotopic (exact) mass is 463 g/mol. The Balaban J connectivity index is 1.54. The van der Waals surface area contributed by atoms with Crippen molar-refractivity contribution in [1.29, 1.82) is 0 Å². The van der Waals surface area contributed by atoms with Crippen molar-refractivity contribution in [2.24, 2.45) is 0 Å². The molecule has 0 bridgehead atoms. The Bertz CT molecular complexity index is 1500. The lowest BCUT2D eigenvalue weighted by Gasteiger charge is -2.11. The molecule has 6 nitrogen and oxygen atoms in total. The van der Waals surface area contributed by atoms with Gasteiger partial charge in [-0.2, -0.15) is 5.10 Å². The second-order valence-electron chi connectivity index (χ2n) is 8.08. The fourth-order valence-corrected chi connectivity index (χ4v) is 3.93. The summed E-state index contributed by atoms with van der Waals surface area (Å²) >= 11 is 0. The SMILES string of the molecule is Cc1cccc(-c2c(-c3ccnc(-c4ccccc4)c3)cnn2CC(=O)Nc2cccc(F)c2)n1. The number of carbonyl (C=O) groups is 1. The molecule has 1 N–H and O–H groups in total. The van der Waals surface area contributed by atoms with Crippen LogP contribution >= 0.6 is 0 Å². The van der Waals surface area contributed by atoms with Crippen LogP contribution in [0.1, 0.15) is 5.69 Å². The number of benzene rings is 2. The second kappa shape index (κ2) is 9.69. The molecule has 7 heteroatoms. The number of aromatic nitrogens is 4. The molecule has 0 aliphatic heterocycles. The van der Waals surface area contributed by atoms with Crippen LogP contribution < -0.4 is 5.32 Å². The largest absolute Gasteiger partial charge is 0.324 e. The number of halogens is 1. The molecule has 0 fully saturated rings. The highest BCUT2D eigenvalue weighted by Gasteiger charge is 2.19. The molecule has 0 unspecified atom stereocenters. The summed E-state index contributed by atoms with van der Waals surface area (Å²) in [6, 6.07) is 25.4. The maximum atomic E-state index is 13.5. The maximum absolute atomic E-state index is 13.5. The number of aryl methyl sites for hydroxylation is 1. The Kier molecular flexibility index (Phi) is 6.13. The van der Waals surface area contributed by atoms with Crippen molar-refractivity contribution in [2.45, 2.75) is 13.5 Å². The first-order valence-corrected chi connectivity index (χ1v) is 11.1. The van der Waals surface area contributed by atoms with Gasteiger partial charge in [-0.1, -0.05) is 42.5 Å². The normalized spacial score (nSPS) is 10.8. The highest BCUT2D eigenvalue weighted by molar-refractivity contribution is 5.91. The van der Waals surface area contributed by atoms with Gasteiger partial charge in [-0.15, -0.1) is 0 Å². The lowest BCUT2D eigenvalue weighted by atomic mass is 10.0. The number of hydrogen-bond donors (Lipinski definition) is 1. The summed E-state index contributed by atoms with van der Waals surface area (Å²) in [7, 11) is 0. The van der Waals surface area contributed by atoms with Gasteiger partial charge in [0.15, 0.2) is 0 Å². The lowest BCUT2D eigenvalue weighted by Crippen LogP contribution is -2.20. The molecule has 35 heavy (non-hydrogen) atoms. The van der Waals surface area contributed by atoms with Crippen molar-refractivity contribution in [3.8, 4) is 33.8 Å². The quantitative estimate of drug-likeness (QED) is 0.347. The van der Waals surface area contributed by atoms with E-state index in [1.54, 1.807) is 29.2 Å². The molecule has 0 saturated heterocycles. The van der Waals surface area contributed by atoms with Crippen molar-refractivity contribution >= 4 is 11.6 Å². The molecule has 172 valence electrons. The third-order valence-corrected chi connectivity index (χ3v) is 5.51. The molecule has 0 aliphatic carbocycles. The zero-order chi connectivity index (χ0) is 24.2. The number of carbonyl (C=O) groups excluding carboxylic acids is 1. The molecule has 3 aromatic heterocycles. The minimum Gasteiger partial charge on any atom is -0.324 e. The number of amides is 1. The van der Waals surface area contributed by atoms with Gasteiger partial charge in [0.25, 0.3) is 0 Å². The Morgan fingerprint density at radius 2 is 1.74 bits per heavy atom. The molecule has 5 rings (SSSR count). The number of rotatable bonds is 6. The predicted octanol–water partition coefficient (Wildman–Crippen LogP) is 5.76. The summed E-state index contributed by atoms with van der Waals surface area (Å²) in [6.07, 6.45) is 3.50. The third-order valence-electron chi connectivity index (χ3n) is 5.51. The maximum Gasteiger partial charge on any atom is 0.246 e. The molecule has 3 heterocycles. The van der Waals surface area contributed by atoms with Crippen molar-refractivity contribution < 1.29 is 9.18 Å². The highest BCUT2D eigenvalue weighted by atomic mass is 19.1. The molecule has 2 aromatic carbocycles. The molecular weight excluding hydrogens is 441 g/mol. The van der Waals surface area contributed by atoms with Crippen molar-refractivity contribution in [3.63, 3.8) is 0 Å². The summed E-state index contributed by atoms with van der Waals surface area (Å²) in [5, 5.41) is 7.25. The fourth-order valence-electron chi connectivity index (χ4n) is 3.93. The minimum absolute atomic E-state index is 0.0574. The number of pyridine rings is 2. The van der Waals surface area contributed by atoms with E-state index in [0.717, 1.165) is 28.1 Å². The minimum atomic E-state index is -0.416. The molecular formula is C28H22FN5O. The second-order valence-corrected chi connectivity index (χ2v) is 8.08. The summed E-state index contributed by atoms with van der Waals surface area (Å²) in [5.41, 5.74) is 6.25. The summed E-state index contributed by atoms with van der Waals surface area (Å²) in [6.45, 7) is 1.86. The van der Waals surface area contributed by atoms with Crippen LogP contribution in [-0.4, -0.2) is 25.7 Å². The van der Waals surface area contributed by atoms with E-state index in [1.165, 1.54) is 12.1 Å². The van der Waals surface area contributed by atoms with Crippen molar-refractivity contribution in [2.75, 3.05) is 5.32 Å². The molecule has 5 aromatic rings. The first-order valence-electron chi connectivity index (χ1n) is 11.1. The van der Waals surface area contributed by atoms with Gasteiger partial charge in [0, 0.05) is 28.7 Å². The van der Waals surface area contributed by atoms with Gasteiger partial charge in [-0.3, -0.25) is 19.4 Å².